The number of aliphatic hydroxyl groups is 1. The number of hydrogen-bond acceptors (Lipinski definition) is 7. The molecule has 2 aromatic heterocycles. The number of ether oxygens (including phenoxy) is 1. The number of benzene rings is 2. The third-order valence-corrected chi connectivity index (χ3v) is 4.93. The van der Waals surface area contributed by atoms with E-state index in [1.807, 2.05) is 12.1 Å². The van der Waals surface area contributed by atoms with Gasteiger partial charge in [0.15, 0.2) is 11.6 Å². The number of nitrogens with one attached hydrogen (secondary N) is 3. The number of halogens is 5. The van der Waals surface area contributed by atoms with Crippen molar-refractivity contribution < 1.29 is 27.4 Å². The van der Waals surface area contributed by atoms with Gasteiger partial charge >= 0.3 is 6.36 Å². The van der Waals surface area contributed by atoms with Gasteiger partial charge in [0.2, 0.25) is 5.95 Å². The number of fused-ring (bicyclic) bond motifs is 1. The summed E-state index contributed by atoms with van der Waals surface area (Å²) in [6.45, 7) is 0.0504. The molecule has 13 heteroatoms. The lowest BCUT2D eigenvalue weighted by Gasteiger charge is -2.13. The first kappa shape index (κ1) is 23.5. The minimum atomic E-state index is -4.89. The number of nitrogens with zero attached hydrogens (tertiary/aromatic N) is 3. The molecule has 0 radical (unpaired) electrons. The van der Waals surface area contributed by atoms with Crippen molar-refractivity contribution in [2.45, 2.75) is 19.2 Å². The van der Waals surface area contributed by atoms with E-state index in [1.165, 1.54) is 6.07 Å². The van der Waals surface area contributed by atoms with Crippen molar-refractivity contribution in [1.29, 1.82) is 0 Å². The summed E-state index contributed by atoms with van der Waals surface area (Å²) in [6, 6.07) is 8.79. The first-order valence-corrected chi connectivity index (χ1v) is 10.3. The SMILES string of the molecule is OCCCc1n[nH]c2ccc(Nc3ncc(F)c(Nc4ccc(OC(F)(F)F)c(Cl)c4)n3)cc12. The Kier molecular flexibility index (Phi) is 6.70. The van der Waals surface area contributed by atoms with Gasteiger partial charge in [-0.15, -0.1) is 13.2 Å². The highest BCUT2D eigenvalue weighted by molar-refractivity contribution is 6.32. The van der Waals surface area contributed by atoms with Crippen molar-refractivity contribution in [1.82, 2.24) is 20.2 Å². The minimum absolute atomic E-state index is 0.0504. The average molecular weight is 497 g/mol. The summed E-state index contributed by atoms with van der Waals surface area (Å²) in [4.78, 5) is 8.02. The van der Waals surface area contributed by atoms with Crippen LogP contribution in [0.4, 0.5) is 40.7 Å². The molecule has 4 aromatic rings. The molecule has 8 nitrogen and oxygen atoms in total. The lowest BCUT2D eigenvalue weighted by Crippen LogP contribution is -2.17. The second kappa shape index (κ2) is 9.69. The van der Waals surface area contributed by atoms with Crippen molar-refractivity contribution in [3.05, 3.63) is 59.1 Å². The molecule has 4 rings (SSSR count). The molecule has 34 heavy (non-hydrogen) atoms. The zero-order valence-electron chi connectivity index (χ0n) is 17.2. The average Bonchev–Trinajstić information content (AvgIpc) is 3.18. The van der Waals surface area contributed by atoms with Gasteiger partial charge in [-0.3, -0.25) is 5.10 Å². The van der Waals surface area contributed by atoms with E-state index in [1.54, 1.807) is 6.07 Å². The van der Waals surface area contributed by atoms with E-state index in [0.717, 1.165) is 34.9 Å². The standard InChI is InChI=1S/C21H17ClF4N6O2/c22-14-9-12(4-6-18(14)34-21(24,25)26)28-19-15(23)10-27-20(30-19)29-11-3-5-17-13(8-11)16(31-32-17)2-1-7-33/h3-6,8-10,33H,1-2,7H2,(H,31,32)(H2,27,28,29,30). The Hall–Kier alpha value is -3.64. The molecular weight excluding hydrogens is 480 g/mol. The normalized spacial score (nSPS) is 11.6. The van der Waals surface area contributed by atoms with Crippen LogP contribution in [0.1, 0.15) is 12.1 Å². The maximum Gasteiger partial charge on any atom is 0.573 e. The van der Waals surface area contributed by atoms with Gasteiger partial charge in [0.1, 0.15) is 5.75 Å². The van der Waals surface area contributed by atoms with Crippen LogP contribution in [-0.2, 0) is 6.42 Å². The van der Waals surface area contributed by atoms with Crippen LogP contribution in [0.3, 0.4) is 0 Å². The van der Waals surface area contributed by atoms with Gasteiger partial charge in [-0.1, -0.05) is 11.6 Å². The Labute approximate surface area is 194 Å². The second-order valence-corrected chi connectivity index (χ2v) is 7.50. The number of aromatic amines is 1. The number of aliphatic hydroxyl groups excluding tert-OH is 1. The Morgan fingerprint density at radius 2 is 1.85 bits per heavy atom. The fraction of sp³-hybridized carbons (Fsp3) is 0.190. The van der Waals surface area contributed by atoms with Crippen LogP contribution in [0.15, 0.2) is 42.6 Å². The Balaban J connectivity index is 1.53. The van der Waals surface area contributed by atoms with Crippen LogP contribution < -0.4 is 15.4 Å². The van der Waals surface area contributed by atoms with E-state index in [-0.39, 0.29) is 29.1 Å². The fourth-order valence-electron chi connectivity index (χ4n) is 3.15. The monoisotopic (exact) mass is 496 g/mol. The predicted octanol–water partition coefficient (Wildman–Crippen LogP) is 5.46. The number of alkyl halides is 3. The summed E-state index contributed by atoms with van der Waals surface area (Å²) in [6.07, 6.45) is -2.78. The summed E-state index contributed by atoms with van der Waals surface area (Å²) in [5, 5.41) is 22.4. The molecule has 0 unspecified atom stereocenters. The zero-order chi connectivity index (χ0) is 24.3. The number of H-pyrrole nitrogens is 1. The number of anilines is 4. The molecule has 0 spiro atoms. The third-order valence-electron chi connectivity index (χ3n) is 4.63. The molecule has 0 aliphatic carbocycles. The fourth-order valence-corrected chi connectivity index (χ4v) is 3.37. The van der Waals surface area contributed by atoms with Gasteiger partial charge in [0.05, 0.1) is 22.4 Å². The van der Waals surface area contributed by atoms with Crippen LogP contribution in [-0.4, -0.2) is 38.2 Å². The third kappa shape index (κ3) is 5.64. The topological polar surface area (TPSA) is 108 Å². The summed E-state index contributed by atoms with van der Waals surface area (Å²) in [5.41, 5.74) is 2.42. The van der Waals surface area contributed by atoms with Crippen molar-refractivity contribution in [2.24, 2.45) is 0 Å². The van der Waals surface area contributed by atoms with Crippen LogP contribution in [0.2, 0.25) is 5.02 Å². The lowest BCUT2D eigenvalue weighted by atomic mass is 10.1. The Morgan fingerprint density at radius 3 is 2.59 bits per heavy atom. The molecule has 178 valence electrons. The number of aryl methyl sites for hydroxylation is 1. The molecule has 0 atom stereocenters. The van der Waals surface area contributed by atoms with Gasteiger partial charge in [-0.05, 0) is 49.2 Å². The van der Waals surface area contributed by atoms with E-state index >= 15 is 0 Å². The molecule has 4 N–H and O–H groups in total. The van der Waals surface area contributed by atoms with Crippen molar-refractivity contribution >= 4 is 45.6 Å². The molecular formula is C21H17ClF4N6O2. The summed E-state index contributed by atoms with van der Waals surface area (Å²) in [5.74, 6) is -1.51. The van der Waals surface area contributed by atoms with Crippen LogP contribution >= 0.6 is 11.6 Å². The molecule has 2 heterocycles. The van der Waals surface area contributed by atoms with Gasteiger partial charge < -0.3 is 20.5 Å². The van der Waals surface area contributed by atoms with Crippen molar-refractivity contribution in [3.63, 3.8) is 0 Å². The summed E-state index contributed by atoms with van der Waals surface area (Å²) >= 11 is 5.84. The molecule has 0 aliphatic rings. The van der Waals surface area contributed by atoms with Gasteiger partial charge in [0, 0.05) is 23.4 Å². The Morgan fingerprint density at radius 1 is 1.09 bits per heavy atom. The largest absolute Gasteiger partial charge is 0.573 e. The smallest absolute Gasteiger partial charge is 0.404 e. The van der Waals surface area contributed by atoms with Crippen molar-refractivity contribution in [3.8, 4) is 5.75 Å². The maximum atomic E-state index is 14.3. The Bertz CT molecular complexity index is 1310. The molecule has 0 bridgehead atoms. The van der Waals surface area contributed by atoms with E-state index in [0.29, 0.717) is 18.5 Å². The first-order valence-electron chi connectivity index (χ1n) is 9.91. The number of hydrogen-bond donors (Lipinski definition) is 4. The minimum Gasteiger partial charge on any atom is -0.404 e. The quantitative estimate of drug-likeness (QED) is 0.240. The van der Waals surface area contributed by atoms with E-state index in [9.17, 15) is 17.6 Å². The molecule has 0 saturated heterocycles. The van der Waals surface area contributed by atoms with E-state index in [2.05, 4.69) is 35.5 Å². The summed E-state index contributed by atoms with van der Waals surface area (Å²) < 4.78 is 55.3. The lowest BCUT2D eigenvalue weighted by molar-refractivity contribution is -0.274. The van der Waals surface area contributed by atoms with Gasteiger partial charge in [-0.25, -0.2) is 9.37 Å². The van der Waals surface area contributed by atoms with Crippen LogP contribution in [0.25, 0.3) is 10.9 Å². The molecule has 2 aromatic carbocycles. The number of aromatic nitrogens is 4. The predicted molar refractivity (Wildman–Crippen MR) is 118 cm³/mol. The molecule has 0 saturated carbocycles. The maximum absolute atomic E-state index is 14.3. The molecule has 0 fully saturated rings. The first-order chi connectivity index (χ1) is 16.2. The molecule has 0 aliphatic heterocycles. The number of rotatable bonds is 8. The van der Waals surface area contributed by atoms with Crippen LogP contribution in [0, 0.1) is 5.82 Å². The second-order valence-electron chi connectivity index (χ2n) is 7.09. The van der Waals surface area contributed by atoms with Crippen LogP contribution in [0.5, 0.6) is 5.75 Å². The molecule has 0 amide bonds. The highest BCUT2D eigenvalue weighted by Gasteiger charge is 2.32. The zero-order valence-corrected chi connectivity index (χ0v) is 18.0. The van der Waals surface area contributed by atoms with Crippen molar-refractivity contribution in [2.75, 3.05) is 17.2 Å². The van der Waals surface area contributed by atoms with E-state index in [4.69, 9.17) is 16.7 Å². The van der Waals surface area contributed by atoms with Gasteiger partial charge in [0.25, 0.3) is 0 Å². The van der Waals surface area contributed by atoms with E-state index < -0.39 is 17.9 Å². The highest BCUT2D eigenvalue weighted by atomic mass is 35.5. The highest BCUT2D eigenvalue weighted by Crippen LogP contribution is 2.33. The summed E-state index contributed by atoms with van der Waals surface area (Å²) in [7, 11) is 0. The van der Waals surface area contributed by atoms with Gasteiger partial charge in [-0.2, -0.15) is 10.1 Å².